The number of hydrogen-bond donors (Lipinski definition) is 0. The van der Waals surface area contributed by atoms with E-state index < -0.39 is 9.84 Å². The van der Waals surface area contributed by atoms with Gasteiger partial charge < -0.3 is 14.2 Å². The van der Waals surface area contributed by atoms with Gasteiger partial charge in [-0.25, -0.2) is 13.4 Å². The van der Waals surface area contributed by atoms with Crippen LogP contribution >= 0.6 is 0 Å². The molecule has 4 rings (SSSR count). The lowest BCUT2D eigenvalue weighted by molar-refractivity contribution is 0.0685. The predicted octanol–water partition coefficient (Wildman–Crippen LogP) is 5.27. The summed E-state index contributed by atoms with van der Waals surface area (Å²) in [6.45, 7) is 6.31. The Kier molecular flexibility index (Phi) is 8.32. The fourth-order valence-corrected chi connectivity index (χ4v) is 5.90. The third-order valence-corrected chi connectivity index (χ3v) is 8.10. The molecule has 8 heteroatoms. The molecule has 0 radical (unpaired) electrons. The highest BCUT2D eigenvalue weighted by Crippen LogP contribution is 2.23. The number of methoxy groups -OCH3 is 1. The van der Waals surface area contributed by atoms with Crippen LogP contribution in [0.2, 0.25) is 0 Å². The first-order valence-electron chi connectivity index (χ1n) is 12.5. The van der Waals surface area contributed by atoms with Crippen molar-refractivity contribution in [3.8, 4) is 5.75 Å². The number of sulfone groups is 1. The van der Waals surface area contributed by atoms with Crippen LogP contribution in [0.3, 0.4) is 0 Å². The highest BCUT2D eigenvalue weighted by molar-refractivity contribution is 7.90. The van der Waals surface area contributed by atoms with Crippen LogP contribution in [0, 0.1) is 6.92 Å². The first kappa shape index (κ1) is 27.1. The van der Waals surface area contributed by atoms with E-state index >= 15 is 0 Å². The maximum atomic E-state index is 13.6. The maximum Gasteiger partial charge on any atom is 0.254 e. The summed E-state index contributed by atoms with van der Waals surface area (Å²) in [5.74, 6) is 0.366. The number of imidazole rings is 1. The number of carbonyl (C=O) groups is 1. The standard InChI is InChI=1S/C30H33N3O4S/c1-22(2)32(29(34)25-14-16-28(37-4)17-15-25)20-27-18-31-30(33(27)19-24-11-6-5-7-12-24)38(35,36)21-26-13-9-8-10-23(26)3/h5-18,22H,19-21H2,1-4H3. The van der Waals surface area contributed by atoms with Crippen LogP contribution in [-0.2, 0) is 28.7 Å². The van der Waals surface area contributed by atoms with Crippen molar-refractivity contribution in [3.05, 3.63) is 113 Å². The average molecular weight is 532 g/mol. The molecule has 0 aliphatic heterocycles. The Labute approximate surface area is 224 Å². The number of rotatable bonds is 10. The van der Waals surface area contributed by atoms with Crippen molar-refractivity contribution >= 4 is 15.7 Å². The molecule has 198 valence electrons. The molecule has 0 aliphatic rings. The zero-order valence-corrected chi connectivity index (χ0v) is 23.0. The number of amides is 1. The van der Waals surface area contributed by atoms with E-state index in [0.29, 0.717) is 23.6 Å². The van der Waals surface area contributed by atoms with Crippen LogP contribution < -0.4 is 4.74 Å². The van der Waals surface area contributed by atoms with Gasteiger partial charge in [0.1, 0.15) is 5.75 Å². The van der Waals surface area contributed by atoms with Gasteiger partial charge in [0.15, 0.2) is 0 Å². The molecular formula is C30H33N3O4S. The van der Waals surface area contributed by atoms with Crippen molar-refractivity contribution in [2.24, 2.45) is 0 Å². The van der Waals surface area contributed by atoms with Crippen molar-refractivity contribution in [2.75, 3.05) is 7.11 Å². The van der Waals surface area contributed by atoms with E-state index in [2.05, 4.69) is 4.98 Å². The van der Waals surface area contributed by atoms with Crippen LogP contribution in [0.1, 0.15) is 46.6 Å². The molecule has 38 heavy (non-hydrogen) atoms. The quantitative estimate of drug-likeness (QED) is 0.278. The van der Waals surface area contributed by atoms with Gasteiger partial charge in [-0.1, -0.05) is 54.6 Å². The van der Waals surface area contributed by atoms with Gasteiger partial charge in [-0.3, -0.25) is 4.79 Å². The van der Waals surface area contributed by atoms with Crippen molar-refractivity contribution in [1.82, 2.24) is 14.5 Å². The van der Waals surface area contributed by atoms with Gasteiger partial charge in [-0.05, 0) is 61.7 Å². The van der Waals surface area contributed by atoms with Gasteiger partial charge in [0, 0.05) is 11.6 Å². The van der Waals surface area contributed by atoms with E-state index in [0.717, 1.165) is 16.7 Å². The summed E-state index contributed by atoms with van der Waals surface area (Å²) in [7, 11) is -2.19. The molecular weight excluding hydrogens is 498 g/mol. The summed E-state index contributed by atoms with van der Waals surface area (Å²) in [6, 6.07) is 23.9. The van der Waals surface area contributed by atoms with E-state index in [1.54, 1.807) is 47.0 Å². The summed E-state index contributed by atoms with van der Waals surface area (Å²) in [5, 5.41) is 0.000193. The molecule has 4 aromatic rings. The predicted molar refractivity (Wildman–Crippen MR) is 148 cm³/mol. The lowest BCUT2D eigenvalue weighted by Gasteiger charge is -2.27. The number of benzene rings is 3. The molecule has 0 fully saturated rings. The van der Waals surface area contributed by atoms with Gasteiger partial charge in [0.05, 0.1) is 37.8 Å². The van der Waals surface area contributed by atoms with Crippen molar-refractivity contribution in [3.63, 3.8) is 0 Å². The van der Waals surface area contributed by atoms with Crippen molar-refractivity contribution < 1.29 is 17.9 Å². The zero-order valence-electron chi connectivity index (χ0n) is 22.2. The summed E-state index contributed by atoms with van der Waals surface area (Å²) in [6.07, 6.45) is 1.57. The van der Waals surface area contributed by atoms with E-state index in [1.807, 2.05) is 75.4 Å². The van der Waals surface area contributed by atoms with Gasteiger partial charge in [-0.15, -0.1) is 0 Å². The third kappa shape index (κ3) is 6.14. The molecule has 1 aromatic heterocycles. The largest absolute Gasteiger partial charge is 0.497 e. The second-order valence-corrected chi connectivity index (χ2v) is 11.4. The smallest absolute Gasteiger partial charge is 0.254 e. The molecule has 7 nitrogen and oxygen atoms in total. The molecule has 1 amide bonds. The van der Waals surface area contributed by atoms with Crippen LogP contribution in [0.15, 0.2) is 90.2 Å². The normalized spacial score (nSPS) is 11.5. The molecule has 0 saturated heterocycles. The Balaban J connectivity index is 1.71. The Morgan fingerprint density at radius 3 is 2.26 bits per heavy atom. The van der Waals surface area contributed by atoms with Crippen LogP contribution in [0.5, 0.6) is 5.75 Å². The van der Waals surface area contributed by atoms with Gasteiger partial charge in [0.2, 0.25) is 15.0 Å². The maximum absolute atomic E-state index is 13.6. The van der Waals surface area contributed by atoms with Gasteiger partial charge in [-0.2, -0.15) is 0 Å². The second-order valence-electron chi connectivity index (χ2n) is 9.54. The first-order chi connectivity index (χ1) is 18.2. The summed E-state index contributed by atoms with van der Waals surface area (Å²) in [5.41, 5.74) is 3.76. The average Bonchev–Trinajstić information content (AvgIpc) is 3.31. The van der Waals surface area contributed by atoms with Crippen LogP contribution in [0.4, 0.5) is 0 Å². The Morgan fingerprint density at radius 1 is 0.974 bits per heavy atom. The fourth-order valence-electron chi connectivity index (χ4n) is 4.31. The number of carbonyl (C=O) groups excluding carboxylic acids is 1. The topological polar surface area (TPSA) is 81.5 Å². The minimum atomic E-state index is -3.77. The van der Waals surface area contributed by atoms with E-state index in [-0.39, 0.29) is 29.4 Å². The van der Waals surface area contributed by atoms with E-state index in [9.17, 15) is 13.2 Å². The highest BCUT2D eigenvalue weighted by Gasteiger charge is 2.27. The first-order valence-corrected chi connectivity index (χ1v) is 14.2. The molecule has 0 bridgehead atoms. The Morgan fingerprint density at radius 2 is 1.63 bits per heavy atom. The molecule has 0 spiro atoms. The molecule has 0 N–H and O–H groups in total. The van der Waals surface area contributed by atoms with Gasteiger partial charge >= 0.3 is 0 Å². The number of aromatic nitrogens is 2. The minimum absolute atomic E-state index is 0.000193. The van der Waals surface area contributed by atoms with E-state index in [4.69, 9.17) is 4.74 Å². The second kappa shape index (κ2) is 11.6. The van der Waals surface area contributed by atoms with Crippen LogP contribution in [0.25, 0.3) is 0 Å². The fraction of sp³-hybridized carbons (Fsp3) is 0.267. The molecule has 0 aliphatic carbocycles. The Hall–Kier alpha value is -3.91. The molecule has 0 saturated carbocycles. The highest BCUT2D eigenvalue weighted by atomic mass is 32.2. The number of ether oxygens (including phenoxy) is 1. The molecule has 1 heterocycles. The summed E-state index contributed by atoms with van der Waals surface area (Å²) >= 11 is 0. The van der Waals surface area contributed by atoms with E-state index in [1.165, 1.54) is 0 Å². The van der Waals surface area contributed by atoms with Crippen molar-refractivity contribution in [2.45, 2.75) is 50.8 Å². The number of hydrogen-bond acceptors (Lipinski definition) is 5. The lowest BCUT2D eigenvalue weighted by Crippen LogP contribution is -2.37. The third-order valence-electron chi connectivity index (χ3n) is 6.52. The minimum Gasteiger partial charge on any atom is -0.497 e. The number of aryl methyl sites for hydroxylation is 1. The zero-order chi connectivity index (χ0) is 27.3. The molecule has 0 unspecified atom stereocenters. The SMILES string of the molecule is COc1ccc(C(=O)N(Cc2cnc(S(=O)(=O)Cc3ccccc3C)n2Cc2ccccc2)C(C)C)cc1. The summed E-state index contributed by atoms with van der Waals surface area (Å²) < 4.78 is 34.2. The number of nitrogens with zero attached hydrogens (tertiary/aromatic N) is 3. The molecule has 0 atom stereocenters. The summed E-state index contributed by atoms with van der Waals surface area (Å²) in [4.78, 5) is 19.6. The molecule has 3 aromatic carbocycles. The lowest BCUT2D eigenvalue weighted by atomic mass is 10.1. The van der Waals surface area contributed by atoms with Crippen LogP contribution in [-0.4, -0.2) is 41.9 Å². The van der Waals surface area contributed by atoms with Gasteiger partial charge in [0.25, 0.3) is 5.91 Å². The monoisotopic (exact) mass is 531 g/mol. The Bertz CT molecular complexity index is 1490. The van der Waals surface area contributed by atoms with Crippen molar-refractivity contribution in [1.29, 1.82) is 0 Å².